The predicted molar refractivity (Wildman–Crippen MR) is 65.3 cm³/mol. The van der Waals surface area contributed by atoms with Crippen LogP contribution in [0.1, 0.15) is 36.6 Å². The van der Waals surface area contributed by atoms with Crippen LogP contribution in [0, 0.1) is 0 Å². The minimum atomic E-state index is -1.12. The lowest BCUT2D eigenvalue weighted by atomic mass is 10.2. The summed E-state index contributed by atoms with van der Waals surface area (Å²) in [4.78, 5) is 22.1. The molecule has 1 amide bonds. The molecule has 0 saturated heterocycles. The van der Waals surface area contributed by atoms with Crippen molar-refractivity contribution >= 4 is 11.9 Å². The molecule has 0 radical (unpaired) electrons. The normalized spacial score (nSPS) is 12.1. The first-order chi connectivity index (χ1) is 8.52. The molecule has 1 atom stereocenters. The second-order valence-corrected chi connectivity index (χ2v) is 4.01. The zero-order valence-corrected chi connectivity index (χ0v) is 10.5. The van der Waals surface area contributed by atoms with Gasteiger partial charge in [0.15, 0.2) is 0 Å². The highest BCUT2D eigenvalue weighted by Crippen LogP contribution is 2.07. The minimum absolute atomic E-state index is 0.100. The average molecular weight is 254 g/mol. The van der Waals surface area contributed by atoms with Crippen LogP contribution in [0.3, 0.4) is 0 Å². The number of hydrogen-bond acceptors (Lipinski definition) is 4. The van der Waals surface area contributed by atoms with Gasteiger partial charge in [-0.3, -0.25) is 4.79 Å². The third kappa shape index (κ3) is 4.58. The van der Waals surface area contributed by atoms with Crippen LogP contribution in [0.15, 0.2) is 16.5 Å². The van der Waals surface area contributed by atoms with Crippen LogP contribution in [-0.4, -0.2) is 29.6 Å². The van der Waals surface area contributed by atoms with Crippen LogP contribution < -0.4 is 10.6 Å². The fraction of sp³-hybridized carbons (Fsp3) is 0.500. The second-order valence-electron chi connectivity index (χ2n) is 4.01. The first-order valence-corrected chi connectivity index (χ1v) is 5.85. The number of carboxylic acids is 1. The molecule has 1 heterocycles. The molecule has 6 nitrogen and oxygen atoms in total. The number of furan rings is 1. The van der Waals surface area contributed by atoms with E-state index in [1.807, 2.05) is 13.8 Å². The van der Waals surface area contributed by atoms with Gasteiger partial charge in [-0.15, -0.1) is 0 Å². The number of rotatable bonds is 7. The molecule has 0 aliphatic rings. The maximum Gasteiger partial charge on any atom is 0.371 e. The summed E-state index contributed by atoms with van der Waals surface area (Å²) < 4.78 is 5.02. The van der Waals surface area contributed by atoms with Gasteiger partial charge in [-0.05, 0) is 25.6 Å². The number of carbonyl (C=O) groups is 2. The van der Waals surface area contributed by atoms with Crippen molar-refractivity contribution in [2.24, 2.45) is 0 Å². The molecule has 1 aromatic rings. The molecule has 0 bridgehead atoms. The molecule has 0 fully saturated rings. The Morgan fingerprint density at radius 3 is 2.72 bits per heavy atom. The Kier molecular flexibility index (Phi) is 5.38. The van der Waals surface area contributed by atoms with Gasteiger partial charge in [0.05, 0.1) is 6.54 Å². The van der Waals surface area contributed by atoms with Gasteiger partial charge in [0.2, 0.25) is 11.7 Å². The Bertz CT molecular complexity index is 414. The summed E-state index contributed by atoms with van der Waals surface area (Å²) in [6, 6.07) is 3.02. The molecule has 100 valence electrons. The zero-order chi connectivity index (χ0) is 13.5. The monoisotopic (exact) mass is 254 g/mol. The molecule has 0 aliphatic carbocycles. The number of amides is 1. The van der Waals surface area contributed by atoms with E-state index in [1.165, 1.54) is 12.1 Å². The molecule has 18 heavy (non-hydrogen) atoms. The topological polar surface area (TPSA) is 91.6 Å². The summed E-state index contributed by atoms with van der Waals surface area (Å²) in [5.41, 5.74) is 0. The van der Waals surface area contributed by atoms with Crippen LogP contribution in [-0.2, 0) is 11.3 Å². The molecule has 1 unspecified atom stereocenters. The van der Waals surface area contributed by atoms with Crippen LogP contribution in [0.25, 0.3) is 0 Å². The Morgan fingerprint density at radius 2 is 2.17 bits per heavy atom. The van der Waals surface area contributed by atoms with Gasteiger partial charge in [0, 0.05) is 12.5 Å². The summed E-state index contributed by atoms with van der Waals surface area (Å²) in [5, 5.41) is 14.5. The van der Waals surface area contributed by atoms with Crippen molar-refractivity contribution < 1.29 is 19.1 Å². The molecule has 0 aliphatic heterocycles. The summed E-state index contributed by atoms with van der Waals surface area (Å²) >= 11 is 0. The van der Waals surface area contributed by atoms with Crippen molar-refractivity contribution in [2.75, 3.05) is 6.54 Å². The summed E-state index contributed by atoms with van der Waals surface area (Å²) in [6.45, 7) is 4.92. The fourth-order valence-corrected chi connectivity index (χ4v) is 1.54. The lowest BCUT2D eigenvalue weighted by Crippen LogP contribution is -2.33. The third-order valence-corrected chi connectivity index (χ3v) is 2.38. The van der Waals surface area contributed by atoms with E-state index in [-0.39, 0.29) is 24.3 Å². The molecule has 3 N–H and O–H groups in total. The van der Waals surface area contributed by atoms with Gasteiger partial charge >= 0.3 is 5.97 Å². The first kappa shape index (κ1) is 14.2. The SMILES string of the molecule is CCNC(C)CC(=O)NCc1ccc(C(=O)O)o1. The lowest BCUT2D eigenvalue weighted by molar-refractivity contribution is -0.121. The summed E-state index contributed by atoms with van der Waals surface area (Å²) in [5.74, 6) is -0.915. The maximum absolute atomic E-state index is 11.5. The lowest BCUT2D eigenvalue weighted by Gasteiger charge is -2.11. The van der Waals surface area contributed by atoms with E-state index in [9.17, 15) is 9.59 Å². The number of aromatic carboxylic acids is 1. The maximum atomic E-state index is 11.5. The van der Waals surface area contributed by atoms with Crippen molar-refractivity contribution in [3.63, 3.8) is 0 Å². The van der Waals surface area contributed by atoms with Gasteiger partial charge in [-0.25, -0.2) is 4.79 Å². The number of nitrogens with one attached hydrogen (secondary N) is 2. The number of hydrogen-bond donors (Lipinski definition) is 3. The third-order valence-electron chi connectivity index (χ3n) is 2.38. The molecule has 0 aromatic carbocycles. The predicted octanol–water partition coefficient (Wildman–Crippen LogP) is 0.982. The van der Waals surface area contributed by atoms with Crippen molar-refractivity contribution in [2.45, 2.75) is 32.9 Å². The molecule has 1 rings (SSSR count). The Balaban J connectivity index is 2.35. The van der Waals surface area contributed by atoms with Crippen LogP contribution in [0.4, 0.5) is 0 Å². The highest BCUT2D eigenvalue weighted by atomic mass is 16.4. The fourth-order valence-electron chi connectivity index (χ4n) is 1.54. The van der Waals surface area contributed by atoms with E-state index in [0.717, 1.165) is 6.54 Å². The van der Waals surface area contributed by atoms with Crippen molar-refractivity contribution in [3.8, 4) is 0 Å². The standard InChI is InChI=1S/C12H18N2O4/c1-3-13-8(2)6-11(15)14-7-9-4-5-10(18-9)12(16)17/h4-5,8,13H,3,6-7H2,1-2H3,(H,14,15)(H,16,17). The minimum Gasteiger partial charge on any atom is -0.475 e. The van der Waals surface area contributed by atoms with E-state index in [2.05, 4.69) is 10.6 Å². The highest BCUT2D eigenvalue weighted by molar-refractivity contribution is 5.84. The molecular weight excluding hydrogens is 236 g/mol. The van der Waals surface area contributed by atoms with E-state index in [0.29, 0.717) is 12.2 Å². The van der Waals surface area contributed by atoms with Crippen molar-refractivity contribution in [1.29, 1.82) is 0 Å². The molecule has 6 heteroatoms. The summed E-state index contributed by atoms with van der Waals surface area (Å²) in [7, 11) is 0. The molecule has 0 spiro atoms. The van der Waals surface area contributed by atoms with Crippen LogP contribution in [0.5, 0.6) is 0 Å². The largest absolute Gasteiger partial charge is 0.475 e. The number of carbonyl (C=O) groups excluding carboxylic acids is 1. The van der Waals surface area contributed by atoms with Crippen LogP contribution in [0.2, 0.25) is 0 Å². The molecule has 1 aromatic heterocycles. The van der Waals surface area contributed by atoms with Gasteiger partial charge in [-0.2, -0.15) is 0 Å². The van der Waals surface area contributed by atoms with Gasteiger partial charge < -0.3 is 20.2 Å². The Labute approximate surface area is 105 Å². The number of carboxylic acid groups (broad SMARTS) is 1. The van der Waals surface area contributed by atoms with Crippen LogP contribution >= 0.6 is 0 Å². The van der Waals surface area contributed by atoms with E-state index in [1.54, 1.807) is 0 Å². The van der Waals surface area contributed by atoms with Gasteiger partial charge in [-0.1, -0.05) is 6.92 Å². The molecular formula is C12H18N2O4. The zero-order valence-electron chi connectivity index (χ0n) is 10.5. The van der Waals surface area contributed by atoms with Crippen molar-refractivity contribution in [1.82, 2.24) is 10.6 Å². The average Bonchev–Trinajstić information content (AvgIpc) is 2.75. The Hall–Kier alpha value is -1.82. The second kappa shape index (κ2) is 6.80. The van der Waals surface area contributed by atoms with E-state index in [4.69, 9.17) is 9.52 Å². The Morgan fingerprint density at radius 1 is 1.44 bits per heavy atom. The smallest absolute Gasteiger partial charge is 0.371 e. The molecule has 0 saturated carbocycles. The van der Waals surface area contributed by atoms with E-state index < -0.39 is 5.97 Å². The quantitative estimate of drug-likeness (QED) is 0.674. The van der Waals surface area contributed by atoms with Crippen molar-refractivity contribution in [3.05, 3.63) is 23.7 Å². The van der Waals surface area contributed by atoms with Gasteiger partial charge in [0.25, 0.3) is 0 Å². The van der Waals surface area contributed by atoms with E-state index >= 15 is 0 Å². The summed E-state index contributed by atoms with van der Waals surface area (Å²) in [6.07, 6.45) is 0.375. The first-order valence-electron chi connectivity index (χ1n) is 5.85. The highest BCUT2D eigenvalue weighted by Gasteiger charge is 2.11. The van der Waals surface area contributed by atoms with Gasteiger partial charge in [0.1, 0.15) is 5.76 Å².